The molecule has 105 heavy (non-hydrogen) atoms. The first-order chi connectivity index (χ1) is 49.7. The van der Waals surface area contributed by atoms with Gasteiger partial charge in [0.15, 0.2) is 11.3 Å². The molecule has 23 nitrogen and oxygen atoms in total. The number of benzene rings is 2. The van der Waals surface area contributed by atoms with E-state index in [9.17, 15) is 16.8 Å². The SMILES string of the molecule is CC.Cc1ccc(S(=O)(=O)n2ccc3c(-c4cc(-c5c(C)noc5C)cc(N5CCOC[C@H]5C)n4)ccnc32)cc1.Cc1ccc(S(=O)(=O)n2ccc3c(-c4cc(Cl)cc(N5CCOC[C@H]5C)n4)ccnc32)cc1.Cc1noc(C)c1-c1cc(-c2ccnc3[nH]ccc23)nc(N2CCOC[C@H]2C)c1.[CH3-].[W]. The predicted octanol–water partition coefficient (Wildman–Crippen LogP) is 15.3. The molecule has 0 unspecified atom stereocenters. The Balaban J connectivity index is 0.000000156. The van der Waals surface area contributed by atoms with Gasteiger partial charge in [0.25, 0.3) is 20.0 Å². The molecule has 27 heteroatoms. The second kappa shape index (κ2) is 32.5. The molecule has 11 aromatic heterocycles. The van der Waals surface area contributed by atoms with Crippen molar-refractivity contribution in [2.45, 2.75) is 104 Å². The van der Waals surface area contributed by atoms with Crippen LogP contribution in [0, 0.1) is 49.0 Å². The Bertz CT molecular complexity index is 5430. The molecule has 1 N–H and O–H groups in total. The van der Waals surface area contributed by atoms with Crippen molar-refractivity contribution in [3.05, 3.63) is 205 Å². The van der Waals surface area contributed by atoms with E-state index < -0.39 is 20.0 Å². The molecular weight excluding hydrogens is 1560 g/mol. The fourth-order valence-corrected chi connectivity index (χ4v) is 16.2. The van der Waals surface area contributed by atoms with Gasteiger partial charge in [-0.15, -0.1) is 0 Å². The molecule has 3 fully saturated rings. The van der Waals surface area contributed by atoms with Crippen LogP contribution in [-0.2, 0) is 55.3 Å². The van der Waals surface area contributed by atoms with E-state index in [2.05, 4.69) is 83.9 Å². The summed E-state index contributed by atoms with van der Waals surface area (Å²) in [6.07, 6.45) is 10.0. The van der Waals surface area contributed by atoms with Crippen LogP contribution in [0.25, 0.3) is 89.1 Å². The van der Waals surface area contributed by atoms with Crippen LogP contribution in [0.15, 0.2) is 177 Å². The van der Waals surface area contributed by atoms with Gasteiger partial charge in [0.2, 0.25) is 0 Å². The number of H-pyrrole nitrogens is 1. The van der Waals surface area contributed by atoms with Gasteiger partial charge in [0, 0.05) is 127 Å². The van der Waals surface area contributed by atoms with E-state index in [1.165, 1.54) is 14.1 Å². The molecular formula is C78H84ClN14O9S2W-. The Kier molecular flexibility index (Phi) is 23.7. The summed E-state index contributed by atoms with van der Waals surface area (Å²) >= 11 is 6.47. The van der Waals surface area contributed by atoms with Crippen LogP contribution in [0.1, 0.15) is 68.7 Å². The van der Waals surface area contributed by atoms with E-state index in [4.69, 9.17) is 49.8 Å². The summed E-state index contributed by atoms with van der Waals surface area (Å²) < 4.78 is 83.8. The summed E-state index contributed by atoms with van der Waals surface area (Å²) in [5.41, 5.74) is 14.0. The molecule has 0 aliphatic carbocycles. The number of nitrogens with one attached hydrogen (secondary N) is 1. The van der Waals surface area contributed by atoms with Gasteiger partial charge in [-0.2, -0.15) is 0 Å². The maximum absolute atomic E-state index is 13.5. The van der Waals surface area contributed by atoms with Crippen molar-refractivity contribution in [2.24, 2.45) is 0 Å². The van der Waals surface area contributed by atoms with Crippen LogP contribution in [0.5, 0.6) is 0 Å². The standard InChI is InChI=1S/C29H29N5O4S.C24H23ClN4O3S.C22H23N5O2.C2H6.CH3.W/c1-18-5-7-23(8-6-18)39(35,36)34-12-10-25-24(9-11-30-29(25)34)26-15-22(28-20(3)32-38-21(28)4)16-27(31-26)33-13-14-37-17-19(33)2;1-16-3-5-19(6-4-16)33(30,31)29-10-8-21-20(7-9-26-24(21)29)22-13-18(25)14-23(27-22)28-11-12-32-15-17(28)2;1-13-12-28-9-8-27(13)20-11-16(21-14(2)26-29-15(21)3)10-19(25-20)17-4-6-23-22-18(17)5-7-24-22;1-2;;/h5-12,15-16,19H,13-14,17H2,1-4H3;3-10,13-14,17H,11-12,15H2,1-2H3;4-7,10-11,13H,8-9,12H2,1-3H3,(H,23,24);1-2H3;1H3;/q;;;;-1;/t19-;17-;13-;;;/m111.../s1. The number of fused-ring (bicyclic) bond motifs is 3. The number of aromatic amines is 1. The second-order valence-corrected chi connectivity index (χ2v) is 29.7. The van der Waals surface area contributed by atoms with Crippen LogP contribution >= 0.6 is 11.6 Å². The quantitative estimate of drug-likeness (QED) is 0.111. The fraction of sp³-hybridized carbons (Fsp3) is 0.295. The number of morpholine rings is 3. The predicted molar refractivity (Wildman–Crippen MR) is 408 cm³/mol. The van der Waals surface area contributed by atoms with Crippen molar-refractivity contribution in [1.29, 1.82) is 0 Å². The number of hydrogen-bond acceptors (Lipinski definition) is 20. The smallest absolute Gasteiger partial charge is 0.269 e. The van der Waals surface area contributed by atoms with Gasteiger partial charge >= 0.3 is 0 Å². The zero-order valence-electron chi connectivity index (χ0n) is 60.7. The molecule has 3 atom stereocenters. The third-order valence-electron chi connectivity index (χ3n) is 18.6. The number of ether oxygens (including phenoxy) is 3. The molecule has 2 aromatic carbocycles. The minimum Gasteiger partial charge on any atom is -0.377 e. The summed E-state index contributed by atoms with van der Waals surface area (Å²) in [4.78, 5) is 38.6. The van der Waals surface area contributed by atoms with E-state index in [1.807, 2.05) is 104 Å². The summed E-state index contributed by atoms with van der Waals surface area (Å²) in [5, 5.41) is 11.3. The monoisotopic (exact) mass is 1640 g/mol. The van der Waals surface area contributed by atoms with Crippen molar-refractivity contribution in [1.82, 2.24) is 53.1 Å². The number of anilines is 3. The first-order valence-corrected chi connectivity index (χ1v) is 37.6. The molecule has 0 amide bonds. The van der Waals surface area contributed by atoms with Crippen LogP contribution < -0.4 is 14.7 Å². The molecule has 13 aromatic rings. The largest absolute Gasteiger partial charge is 0.377 e. The van der Waals surface area contributed by atoms with Gasteiger partial charge in [-0.3, -0.25) is 0 Å². The van der Waals surface area contributed by atoms with Gasteiger partial charge in [0.05, 0.1) is 96.0 Å². The zero-order valence-corrected chi connectivity index (χ0v) is 66.0. The van der Waals surface area contributed by atoms with Crippen LogP contribution in [0.2, 0.25) is 5.02 Å². The van der Waals surface area contributed by atoms with Gasteiger partial charge < -0.3 is 50.4 Å². The number of halogens is 1. The van der Waals surface area contributed by atoms with E-state index in [0.29, 0.717) is 78.1 Å². The average molecular weight is 1650 g/mol. The first-order valence-electron chi connectivity index (χ1n) is 34.3. The number of nitrogens with zero attached hydrogens (tertiary/aromatic N) is 13. The molecule has 0 spiro atoms. The van der Waals surface area contributed by atoms with Crippen molar-refractivity contribution in [2.75, 3.05) is 74.0 Å². The van der Waals surface area contributed by atoms with Crippen molar-refractivity contribution in [3.8, 4) is 56.0 Å². The number of hydrogen-bond donors (Lipinski definition) is 1. The van der Waals surface area contributed by atoms with Crippen LogP contribution in [-0.4, -0.2) is 147 Å². The van der Waals surface area contributed by atoms with Gasteiger partial charge in [0.1, 0.15) is 34.6 Å². The van der Waals surface area contributed by atoms with E-state index in [-0.39, 0.29) is 56.4 Å². The topological polar surface area (TPSA) is 261 Å². The van der Waals surface area contributed by atoms with Crippen molar-refractivity contribution >= 4 is 82.2 Å². The minimum atomic E-state index is -3.83. The fourth-order valence-electron chi connectivity index (χ4n) is 13.3. The average Bonchev–Trinajstić information content (AvgIpc) is 1.72. The molecule has 0 bridgehead atoms. The molecule has 14 heterocycles. The summed E-state index contributed by atoms with van der Waals surface area (Å²) in [6, 6.07) is 37.4. The molecule has 0 radical (unpaired) electrons. The molecule has 0 saturated carbocycles. The van der Waals surface area contributed by atoms with E-state index in [1.54, 1.807) is 85.3 Å². The van der Waals surface area contributed by atoms with Gasteiger partial charge in [-0.05, 0) is 171 Å². The maximum Gasteiger partial charge on any atom is 0.269 e. The molecule has 3 aliphatic heterocycles. The number of aromatic nitrogens is 11. The third-order valence-corrected chi connectivity index (χ3v) is 22.2. The number of pyridine rings is 6. The van der Waals surface area contributed by atoms with Gasteiger partial charge in [-0.25, -0.2) is 54.7 Å². The van der Waals surface area contributed by atoms with E-state index >= 15 is 0 Å². The molecule has 16 rings (SSSR count). The Hall–Kier alpha value is -9.46. The summed E-state index contributed by atoms with van der Waals surface area (Å²) in [5.74, 6) is 4.05. The van der Waals surface area contributed by atoms with Crippen molar-refractivity contribution < 1.29 is 61.2 Å². The first kappa shape index (κ1) is 76.7. The minimum absolute atomic E-state index is 0. The Morgan fingerprint density at radius 3 is 1.25 bits per heavy atom. The Labute approximate surface area is 631 Å². The Morgan fingerprint density at radius 2 is 0.857 bits per heavy atom. The van der Waals surface area contributed by atoms with Crippen molar-refractivity contribution in [3.63, 3.8) is 0 Å². The molecule has 3 aliphatic rings. The van der Waals surface area contributed by atoms with Crippen LogP contribution in [0.3, 0.4) is 0 Å². The maximum atomic E-state index is 13.5. The molecule has 3 saturated heterocycles. The molecule has 546 valence electrons. The number of rotatable bonds is 12. The van der Waals surface area contributed by atoms with Gasteiger partial charge in [-0.1, -0.05) is 71.2 Å². The zero-order chi connectivity index (χ0) is 72.4. The summed E-state index contributed by atoms with van der Waals surface area (Å²) in [6.45, 7) is 28.1. The summed E-state index contributed by atoms with van der Waals surface area (Å²) in [7, 11) is -7.63. The Morgan fingerprint density at radius 1 is 0.476 bits per heavy atom. The van der Waals surface area contributed by atoms with Crippen LogP contribution in [0.4, 0.5) is 17.5 Å². The van der Waals surface area contributed by atoms with E-state index in [0.717, 1.165) is 127 Å². The normalized spacial score (nSPS) is 16.2. The number of aryl methyl sites for hydroxylation is 6. The second-order valence-electron chi connectivity index (χ2n) is 25.6. The third kappa shape index (κ3) is 15.6.